The van der Waals surface area contributed by atoms with Crippen LogP contribution in [0, 0.1) is 5.92 Å². The number of ether oxygens (including phenoxy) is 1. The zero-order valence-electron chi connectivity index (χ0n) is 9.16. The van der Waals surface area contributed by atoms with Crippen molar-refractivity contribution in [2.45, 2.75) is 32.3 Å². The van der Waals surface area contributed by atoms with Crippen molar-refractivity contribution in [2.75, 3.05) is 6.61 Å². The van der Waals surface area contributed by atoms with Gasteiger partial charge in [0, 0.05) is 5.92 Å². The Kier molecular flexibility index (Phi) is 2.36. The number of rotatable bonds is 1. The molecular formula is C13H18O. The second kappa shape index (κ2) is 3.39. The van der Waals surface area contributed by atoms with E-state index in [1.54, 1.807) is 0 Å². The standard InChI is InChI=1S/C13H18O/c1-10-9-14-13(2,3)12(10)11-7-5-4-6-8-11/h4-8,10,12H,9H2,1-3H3/t10-,12-/m1/s1. The van der Waals surface area contributed by atoms with E-state index in [9.17, 15) is 0 Å². The van der Waals surface area contributed by atoms with Gasteiger partial charge >= 0.3 is 0 Å². The summed E-state index contributed by atoms with van der Waals surface area (Å²) in [4.78, 5) is 0. The second-order valence-electron chi connectivity index (χ2n) is 4.78. The Labute approximate surface area is 86.1 Å². The summed E-state index contributed by atoms with van der Waals surface area (Å²) in [6.45, 7) is 7.53. The van der Waals surface area contributed by atoms with Gasteiger partial charge in [-0.2, -0.15) is 0 Å². The smallest absolute Gasteiger partial charge is 0.0698 e. The van der Waals surface area contributed by atoms with E-state index in [0.29, 0.717) is 11.8 Å². The van der Waals surface area contributed by atoms with Crippen LogP contribution in [0.2, 0.25) is 0 Å². The van der Waals surface area contributed by atoms with Gasteiger partial charge in [-0.05, 0) is 25.3 Å². The van der Waals surface area contributed by atoms with E-state index in [4.69, 9.17) is 4.74 Å². The molecule has 1 aliphatic rings. The van der Waals surface area contributed by atoms with Crippen LogP contribution in [0.3, 0.4) is 0 Å². The molecule has 2 atom stereocenters. The molecule has 1 fully saturated rings. The maximum atomic E-state index is 5.82. The third-order valence-corrected chi connectivity index (χ3v) is 3.19. The van der Waals surface area contributed by atoms with Crippen LogP contribution in [0.5, 0.6) is 0 Å². The van der Waals surface area contributed by atoms with Crippen molar-refractivity contribution in [1.29, 1.82) is 0 Å². The molecule has 0 unspecified atom stereocenters. The van der Waals surface area contributed by atoms with Gasteiger partial charge in [0.2, 0.25) is 0 Å². The largest absolute Gasteiger partial charge is 0.375 e. The first-order valence-corrected chi connectivity index (χ1v) is 5.30. The third-order valence-electron chi connectivity index (χ3n) is 3.19. The van der Waals surface area contributed by atoms with Gasteiger partial charge in [-0.1, -0.05) is 37.3 Å². The Morgan fingerprint density at radius 2 is 1.86 bits per heavy atom. The molecule has 1 saturated heterocycles. The van der Waals surface area contributed by atoms with E-state index in [1.807, 2.05) is 0 Å². The second-order valence-corrected chi connectivity index (χ2v) is 4.78. The summed E-state index contributed by atoms with van der Waals surface area (Å²) in [6, 6.07) is 10.7. The lowest BCUT2D eigenvalue weighted by Gasteiger charge is -2.28. The average molecular weight is 190 g/mol. The fourth-order valence-electron chi connectivity index (χ4n) is 2.61. The molecule has 0 N–H and O–H groups in total. The average Bonchev–Trinajstić information content (AvgIpc) is 2.42. The molecule has 14 heavy (non-hydrogen) atoms. The molecule has 1 heterocycles. The third kappa shape index (κ3) is 1.57. The Morgan fingerprint density at radius 1 is 1.21 bits per heavy atom. The summed E-state index contributed by atoms with van der Waals surface area (Å²) in [7, 11) is 0. The van der Waals surface area contributed by atoms with Gasteiger partial charge in [-0.25, -0.2) is 0 Å². The number of benzene rings is 1. The molecule has 0 aliphatic carbocycles. The number of hydrogen-bond donors (Lipinski definition) is 0. The molecule has 0 aromatic heterocycles. The molecule has 1 nitrogen and oxygen atoms in total. The van der Waals surface area contributed by atoms with E-state index in [1.165, 1.54) is 5.56 Å². The van der Waals surface area contributed by atoms with Gasteiger partial charge in [-0.3, -0.25) is 0 Å². The van der Waals surface area contributed by atoms with Crippen molar-refractivity contribution >= 4 is 0 Å². The molecule has 0 amide bonds. The highest BCUT2D eigenvalue weighted by Gasteiger charge is 2.41. The van der Waals surface area contributed by atoms with Crippen molar-refractivity contribution in [3.63, 3.8) is 0 Å². The number of hydrogen-bond acceptors (Lipinski definition) is 1. The maximum absolute atomic E-state index is 5.82. The predicted octanol–water partition coefficient (Wildman–Crippen LogP) is 3.22. The lowest BCUT2D eigenvalue weighted by atomic mass is 9.79. The lowest BCUT2D eigenvalue weighted by molar-refractivity contribution is 0.0265. The van der Waals surface area contributed by atoms with Gasteiger partial charge in [0.25, 0.3) is 0 Å². The molecule has 1 heteroatoms. The Hall–Kier alpha value is -0.820. The molecule has 1 aliphatic heterocycles. The van der Waals surface area contributed by atoms with Crippen LogP contribution in [0.25, 0.3) is 0 Å². The zero-order chi connectivity index (χ0) is 10.2. The van der Waals surface area contributed by atoms with Crippen LogP contribution < -0.4 is 0 Å². The van der Waals surface area contributed by atoms with E-state index in [-0.39, 0.29) is 5.60 Å². The molecular weight excluding hydrogens is 172 g/mol. The minimum atomic E-state index is -0.0131. The molecule has 2 rings (SSSR count). The summed E-state index contributed by atoms with van der Waals surface area (Å²) >= 11 is 0. The molecule has 0 spiro atoms. The summed E-state index contributed by atoms with van der Waals surface area (Å²) in [5, 5.41) is 0. The molecule has 1 aromatic rings. The van der Waals surface area contributed by atoms with Crippen LogP contribution in [-0.2, 0) is 4.74 Å². The maximum Gasteiger partial charge on any atom is 0.0698 e. The Bertz CT molecular complexity index is 302. The minimum Gasteiger partial charge on any atom is -0.375 e. The first-order valence-electron chi connectivity index (χ1n) is 5.30. The van der Waals surface area contributed by atoms with Gasteiger partial charge in [0.15, 0.2) is 0 Å². The van der Waals surface area contributed by atoms with Gasteiger partial charge in [0.1, 0.15) is 0 Å². The fraction of sp³-hybridized carbons (Fsp3) is 0.538. The Balaban J connectivity index is 2.33. The highest BCUT2D eigenvalue weighted by atomic mass is 16.5. The van der Waals surface area contributed by atoms with Crippen LogP contribution in [-0.4, -0.2) is 12.2 Å². The summed E-state index contributed by atoms with van der Waals surface area (Å²) in [5.41, 5.74) is 1.39. The van der Waals surface area contributed by atoms with Crippen LogP contribution >= 0.6 is 0 Å². The van der Waals surface area contributed by atoms with Gasteiger partial charge < -0.3 is 4.74 Å². The molecule has 0 radical (unpaired) electrons. The first kappa shape index (κ1) is 9.72. The topological polar surface area (TPSA) is 9.23 Å². The highest BCUT2D eigenvalue weighted by molar-refractivity contribution is 5.24. The van der Waals surface area contributed by atoms with Crippen molar-refractivity contribution in [2.24, 2.45) is 5.92 Å². The quantitative estimate of drug-likeness (QED) is 0.660. The van der Waals surface area contributed by atoms with Crippen LogP contribution in [0.1, 0.15) is 32.3 Å². The van der Waals surface area contributed by atoms with E-state index in [2.05, 4.69) is 51.1 Å². The lowest BCUT2D eigenvalue weighted by Crippen LogP contribution is -2.27. The van der Waals surface area contributed by atoms with Gasteiger partial charge in [-0.15, -0.1) is 0 Å². The van der Waals surface area contributed by atoms with Crippen molar-refractivity contribution < 1.29 is 4.74 Å². The molecule has 0 saturated carbocycles. The van der Waals surface area contributed by atoms with Crippen molar-refractivity contribution in [3.8, 4) is 0 Å². The monoisotopic (exact) mass is 190 g/mol. The van der Waals surface area contributed by atoms with Crippen LogP contribution in [0.4, 0.5) is 0 Å². The normalized spacial score (nSPS) is 30.5. The fourth-order valence-corrected chi connectivity index (χ4v) is 2.61. The predicted molar refractivity (Wildman–Crippen MR) is 58.4 cm³/mol. The summed E-state index contributed by atoms with van der Waals surface area (Å²) in [6.07, 6.45) is 0. The van der Waals surface area contributed by atoms with Gasteiger partial charge in [0.05, 0.1) is 12.2 Å². The van der Waals surface area contributed by atoms with Crippen molar-refractivity contribution in [3.05, 3.63) is 35.9 Å². The Morgan fingerprint density at radius 3 is 2.36 bits per heavy atom. The summed E-state index contributed by atoms with van der Waals surface area (Å²) in [5.74, 6) is 1.15. The van der Waals surface area contributed by atoms with E-state index < -0.39 is 0 Å². The zero-order valence-corrected chi connectivity index (χ0v) is 9.16. The summed E-state index contributed by atoms with van der Waals surface area (Å²) < 4.78 is 5.82. The van der Waals surface area contributed by atoms with E-state index >= 15 is 0 Å². The highest BCUT2D eigenvalue weighted by Crippen LogP contribution is 2.42. The van der Waals surface area contributed by atoms with Crippen molar-refractivity contribution in [1.82, 2.24) is 0 Å². The van der Waals surface area contributed by atoms with E-state index in [0.717, 1.165) is 6.61 Å². The minimum absolute atomic E-state index is 0.0131. The molecule has 1 aromatic carbocycles. The molecule has 0 bridgehead atoms. The first-order chi connectivity index (χ1) is 6.61. The molecule has 76 valence electrons. The van der Waals surface area contributed by atoms with Crippen LogP contribution in [0.15, 0.2) is 30.3 Å². The SMILES string of the molecule is C[C@@H]1COC(C)(C)[C@H]1c1ccccc1.